The summed E-state index contributed by atoms with van der Waals surface area (Å²) in [4.78, 5) is 22.6. The van der Waals surface area contributed by atoms with Crippen LogP contribution in [0.15, 0.2) is 18.2 Å². The lowest BCUT2D eigenvalue weighted by atomic mass is 10.1. The molecule has 0 atom stereocenters. The Morgan fingerprint density at radius 2 is 2.17 bits per heavy atom. The van der Waals surface area contributed by atoms with E-state index in [9.17, 15) is 4.79 Å². The quantitative estimate of drug-likeness (QED) is 0.633. The van der Waals surface area contributed by atoms with E-state index in [1.165, 1.54) is 18.2 Å². The molecule has 0 spiro atoms. The number of esters is 1. The smallest absolute Gasteiger partial charge is 0.309 e. The van der Waals surface area contributed by atoms with Crippen molar-refractivity contribution < 1.29 is 9.53 Å². The molecule has 1 aliphatic heterocycles. The van der Waals surface area contributed by atoms with E-state index in [1.807, 2.05) is 6.07 Å². The lowest BCUT2D eigenvalue weighted by Crippen LogP contribution is -2.17. The molecule has 0 amide bonds. The van der Waals surface area contributed by atoms with E-state index in [4.69, 9.17) is 16.3 Å². The van der Waals surface area contributed by atoms with Gasteiger partial charge in [-0.05, 0) is 54.5 Å². The van der Waals surface area contributed by atoms with Crippen LogP contribution in [0.5, 0.6) is 0 Å². The predicted octanol–water partition coefficient (Wildman–Crippen LogP) is 3.03. The Kier molecular flexibility index (Phi) is 3.88. The molecular weight excluding hydrogens is 326 g/mol. The zero-order valence-electron chi connectivity index (χ0n) is 13.5. The SMILES string of the molecule is COC(=O)Cc1ccc2c(c1)CCN2c1nc(Cl)nc2c1CCC2. The lowest BCUT2D eigenvalue weighted by Gasteiger charge is -2.21. The summed E-state index contributed by atoms with van der Waals surface area (Å²) in [6.45, 7) is 0.872. The Bertz CT molecular complexity index is 822. The second kappa shape index (κ2) is 6.06. The third kappa shape index (κ3) is 2.63. The number of ether oxygens (including phenoxy) is 1. The molecule has 0 radical (unpaired) electrons. The number of hydrogen-bond acceptors (Lipinski definition) is 5. The van der Waals surface area contributed by atoms with Crippen LogP contribution in [0, 0.1) is 0 Å². The average Bonchev–Trinajstić information content (AvgIpc) is 3.20. The molecule has 0 fully saturated rings. The van der Waals surface area contributed by atoms with Crippen molar-refractivity contribution in [1.82, 2.24) is 9.97 Å². The number of nitrogens with zero attached hydrogens (tertiary/aromatic N) is 3. The molecule has 124 valence electrons. The molecule has 1 aliphatic carbocycles. The molecule has 0 saturated carbocycles. The van der Waals surface area contributed by atoms with Gasteiger partial charge < -0.3 is 9.64 Å². The summed E-state index contributed by atoms with van der Waals surface area (Å²) in [5.74, 6) is 0.729. The minimum Gasteiger partial charge on any atom is -0.469 e. The average molecular weight is 344 g/mol. The highest BCUT2D eigenvalue weighted by Crippen LogP contribution is 2.39. The second-order valence-corrected chi connectivity index (χ2v) is 6.55. The fraction of sp³-hybridized carbons (Fsp3) is 0.389. The van der Waals surface area contributed by atoms with Crippen molar-refractivity contribution in [2.75, 3.05) is 18.6 Å². The number of hydrogen-bond donors (Lipinski definition) is 0. The third-order valence-electron chi connectivity index (χ3n) is 4.76. The standard InChI is InChI=1S/C18H18ClN3O2/c1-24-16(23)10-11-5-6-15-12(9-11)7-8-22(15)17-13-3-2-4-14(13)20-18(19)21-17/h5-6,9H,2-4,7-8,10H2,1H3. The Morgan fingerprint density at radius 3 is 3.00 bits per heavy atom. The number of rotatable bonds is 3. The molecule has 2 heterocycles. The number of aromatic nitrogens is 2. The molecule has 2 aromatic rings. The molecule has 1 aromatic heterocycles. The highest BCUT2D eigenvalue weighted by molar-refractivity contribution is 6.28. The van der Waals surface area contributed by atoms with Crippen molar-refractivity contribution in [2.45, 2.75) is 32.1 Å². The van der Waals surface area contributed by atoms with Gasteiger partial charge in [-0.1, -0.05) is 12.1 Å². The van der Waals surface area contributed by atoms with E-state index in [-0.39, 0.29) is 5.97 Å². The summed E-state index contributed by atoms with van der Waals surface area (Å²) >= 11 is 6.13. The van der Waals surface area contributed by atoms with Crippen molar-refractivity contribution in [2.24, 2.45) is 0 Å². The molecule has 0 N–H and O–H groups in total. The summed E-state index contributed by atoms with van der Waals surface area (Å²) in [7, 11) is 1.41. The largest absolute Gasteiger partial charge is 0.469 e. The highest BCUT2D eigenvalue weighted by atomic mass is 35.5. The van der Waals surface area contributed by atoms with Crippen molar-refractivity contribution in [3.05, 3.63) is 45.9 Å². The number of halogens is 1. The van der Waals surface area contributed by atoms with Gasteiger partial charge in [0.1, 0.15) is 5.82 Å². The first-order valence-electron chi connectivity index (χ1n) is 8.17. The van der Waals surface area contributed by atoms with Crippen LogP contribution in [0.3, 0.4) is 0 Å². The molecule has 0 bridgehead atoms. The van der Waals surface area contributed by atoms with Crippen LogP contribution < -0.4 is 4.90 Å². The zero-order valence-corrected chi connectivity index (χ0v) is 14.3. The Morgan fingerprint density at radius 1 is 1.29 bits per heavy atom. The molecule has 4 rings (SSSR count). The lowest BCUT2D eigenvalue weighted by molar-refractivity contribution is -0.139. The fourth-order valence-corrected chi connectivity index (χ4v) is 3.81. The first-order valence-corrected chi connectivity index (χ1v) is 8.55. The van der Waals surface area contributed by atoms with Crippen LogP contribution in [0.4, 0.5) is 11.5 Å². The minimum atomic E-state index is -0.217. The van der Waals surface area contributed by atoms with Gasteiger partial charge in [0.15, 0.2) is 0 Å². The Labute approximate surface area is 145 Å². The van der Waals surface area contributed by atoms with Gasteiger partial charge in [0.25, 0.3) is 0 Å². The van der Waals surface area contributed by atoms with Crippen molar-refractivity contribution in [1.29, 1.82) is 0 Å². The number of methoxy groups -OCH3 is 1. The van der Waals surface area contributed by atoms with Crippen LogP contribution in [-0.4, -0.2) is 29.6 Å². The monoisotopic (exact) mass is 343 g/mol. The minimum absolute atomic E-state index is 0.217. The number of anilines is 2. The van der Waals surface area contributed by atoms with E-state index in [0.29, 0.717) is 11.7 Å². The van der Waals surface area contributed by atoms with Crippen LogP contribution in [0.1, 0.15) is 28.8 Å². The summed E-state index contributed by atoms with van der Waals surface area (Å²) < 4.78 is 4.75. The molecule has 6 heteroatoms. The number of aryl methyl sites for hydroxylation is 1. The molecule has 5 nitrogen and oxygen atoms in total. The molecular formula is C18H18ClN3O2. The second-order valence-electron chi connectivity index (χ2n) is 6.21. The van der Waals surface area contributed by atoms with Crippen LogP contribution in [-0.2, 0) is 35.2 Å². The van der Waals surface area contributed by atoms with Crippen molar-refractivity contribution >= 4 is 29.1 Å². The summed E-state index contributed by atoms with van der Waals surface area (Å²) in [5, 5.41) is 0.321. The summed E-state index contributed by atoms with van der Waals surface area (Å²) in [6, 6.07) is 6.14. The number of fused-ring (bicyclic) bond motifs is 2. The molecule has 24 heavy (non-hydrogen) atoms. The molecule has 1 aromatic carbocycles. The fourth-order valence-electron chi connectivity index (χ4n) is 3.63. The number of carbonyl (C=O) groups excluding carboxylic acids is 1. The summed E-state index contributed by atoms with van der Waals surface area (Å²) in [6.07, 6.45) is 4.33. The molecule has 0 unspecified atom stereocenters. The van der Waals surface area contributed by atoms with Crippen molar-refractivity contribution in [3.8, 4) is 0 Å². The summed E-state index contributed by atoms with van der Waals surface area (Å²) in [5.41, 5.74) is 5.67. The van der Waals surface area contributed by atoms with Gasteiger partial charge in [-0.15, -0.1) is 0 Å². The van der Waals surface area contributed by atoms with E-state index in [2.05, 4.69) is 27.0 Å². The predicted molar refractivity (Wildman–Crippen MR) is 91.9 cm³/mol. The molecule has 2 aliphatic rings. The first kappa shape index (κ1) is 15.4. The van der Waals surface area contributed by atoms with Gasteiger partial charge in [0.2, 0.25) is 5.28 Å². The highest BCUT2D eigenvalue weighted by Gasteiger charge is 2.28. The van der Waals surface area contributed by atoms with Crippen LogP contribution in [0.2, 0.25) is 5.28 Å². The Hall–Kier alpha value is -2.14. The number of carbonyl (C=O) groups is 1. The van der Waals surface area contributed by atoms with E-state index >= 15 is 0 Å². The third-order valence-corrected chi connectivity index (χ3v) is 4.92. The van der Waals surface area contributed by atoms with E-state index < -0.39 is 0 Å². The van der Waals surface area contributed by atoms with Gasteiger partial charge in [-0.25, -0.2) is 4.98 Å². The first-order chi connectivity index (χ1) is 11.7. The maximum atomic E-state index is 11.5. The van der Waals surface area contributed by atoms with Gasteiger partial charge >= 0.3 is 5.97 Å². The maximum absolute atomic E-state index is 11.5. The van der Waals surface area contributed by atoms with Crippen molar-refractivity contribution in [3.63, 3.8) is 0 Å². The normalized spacial score (nSPS) is 15.3. The van der Waals surface area contributed by atoms with Crippen LogP contribution in [0.25, 0.3) is 0 Å². The van der Waals surface area contributed by atoms with Crippen LogP contribution >= 0.6 is 11.6 Å². The van der Waals surface area contributed by atoms with E-state index in [1.54, 1.807) is 0 Å². The van der Waals surface area contributed by atoms with Gasteiger partial charge in [0.05, 0.1) is 19.2 Å². The van der Waals surface area contributed by atoms with Gasteiger partial charge in [0, 0.05) is 17.8 Å². The van der Waals surface area contributed by atoms with Gasteiger partial charge in [-0.3, -0.25) is 4.79 Å². The number of benzene rings is 1. The zero-order chi connectivity index (χ0) is 16.7. The van der Waals surface area contributed by atoms with Gasteiger partial charge in [-0.2, -0.15) is 4.98 Å². The van der Waals surface area contributed by atoms with E-state index in [0.717, 1.165) is 55.0 Å². The molecule has 0 saturated heterocycles. The topological polar surface area (TPSA) is 55.3 Å². The maximum Gasteiger partial charge on any atom is 0.309 e. The Balaban J connectivity index is 1.69.